The van der Waals surface area contributed by atoms with Gasteiger partial charge in [0.1, 0.15) is 5.65 Å². The fourth-order valence-electron chi connectivity index (χ4n) is 3.61. The number of nitrogens with one attached hydrogen (secondary N) is 1. The highest BCUT2D eigenvalue weighted by Crippen LogP contribution is 2.31. The predicted octanol–water partition coefficient (Wildman–Crippen LogP) is 2.01. The van der Waals surface area contributed by atoms with Gasteiger partial charge in [-0.2, -0.15) is 0 Å². The molecule has 0 radical (unpaired) electrons. The van der Waals surface area contributed by atoms with E-state index < -0.39 is 17.7 Å². The average Bonchev–Trinajstić information content (AvgIpc) is 3.23. The third kappa shape index (κ3) is 5.78. The van der Waals surface area contributed by atoms with Crippen LogP contribution in [0.15, 0.2) is 41.7 Å². The summed E-state index contributed by atoms with van der Waals surface area (Å²) in [5.74, 6) is -1.51. The topological polar surface area (TPSA) is 125 Å². The summed E-state index contributed by atoms with van der Waals surface area (Å²) in [5.41, 5.74) is 1.47. The molecule has 2 aliphatic rings. The van der Waals surface area contributed by atoms with E-state index in [1.807, 2.05) is 17.0 Å². The lowest BCUT2D eigenvalue weighted by molar-refractivity contribution is -0.140. The quantitative estimate of drug-likeness (QED) is 0.404. The van der Waals surface area contributed by atoms with Crippen molar-refractivity contribution in [1.82, 2.24) is 19.8 Å². The Hall–Kier alpha value is -3.66. The number of carbonyl (C=O) groups is 3. The monoisotopic (exact) mass is 456 g/mol. The first kappa shape index (κ1) is 24.0. The van der Waals surface area contributed by atoms with E-state index in [1.165, 1.54) is 0 Å². The number of fused-ring (bicyclic) bond motifs is 1. The number of H-pyrrole nitrogens is 1. The number of aromatic nitrogens is 2. The lowest BCUT2D eigenvalue weighted by atomic mass is 10.1. The lowest BCUT2D eigenvalue weighted by Gasteiger charge is -2.23. The van der Waals surface area contributed by atoms with Crippen molar-refractivity contribution in [3.63, 3.8) is 0 Å². The summed E-state index contributed by atoms with van der Waals surface area (Å²) in [7, 11) is 2.06. The molecular weight excluding hydrogens is 428 g/mol. The highest BCUT2D eigenvalue weighted by molar-refractivity contribution is 6.26. The molecule has 10 nitrogen and oxygen atoms in total. The molecule has 1 saturated heterocycles. The average molecular weight is 456 g/mol. The second-order valence-corrected chi connectivity index (χ2v) is 7.65. The highest BCUT2D eigenvalue weighted by Gasteiger charge is 2.39. The number of hydrogen-bond acceptors (Lipinski definition) is 8. The van der Waals surface area contributed by atoms with Crippen molar-refractivity contribution in [2.24, 2.45) is 0 Å². The third-order valence-corrected chi connectivity index (χ3v) is 5.13. The number of aromatic amines is 1. The summed E-state index contributed by atoms with van der Waals surface area (Å²) in [6, 6.07) is 3.74. The molecule has 0 atom stereocenters. The van der Waals surface area contributed by atoms with Crippen LogP contribution in [0.25, 0.3) is 17.1 Å². The van der Waals surface area contributed by atoms with Gasteiger partial charge >= 0.3 is 5.97 Å². The van der Waals surface area contributed by atoms with Gasteiger partial charge < -0.3 is 29.4 Å². The Balaban J connectivity index is 0.000000709. The molecule has 176 valence electrons. The van der Waals surface area contributed by atoms with E-state index in [9.17, 15) is 9.59 Å². The Bertz CT molecular complexity index is 1100. The number of allylic oxidation sites excluding steroid dienone is 1. The van der Waals surface area contributed by atoms with Crippen molar-refractivity contribution in [2.75, 3.05) is 39.8 Å². The molecule has 1 fully saturated rings. The van der Waals surface area contributed by atoms with Crippen LogP contribution in [0.5, 0.6) is 0 Å². The molecule has 2 aliphatic heterocycles. The van der Waals surface area contributed by atoms with Crippen LogP contribution in [-0.4, -0.2) is 82.4 Å². The fourth-order valence-corrected chi connectivity index (χ4v) is 3.61. The zero-order valence-electron chi connectivity index (χ0n) is 19.0. The highest BCUT2D eigenvalue weighted by atomic mass is 16.5. The van der Waals surface area contributed by atoms with E-state index in [1.54, 1.807) is 25.4 Å². The van der Waals surface area contributed by atoms with E-state index in [0.29, 0.717) is 19.0 Å². The summed E-state index contributed by atoms with van der Waals surface area (Å²) in [5, 5.41) is 8.29. The normalized spacial score (nSPS) is 18.1. The first-order valence-electron chi connectivity index (χ1n) is 10.7. The second kappa shape index (κ2) is 10.8. The second-order valence-electron chi connectivity index (χ2n) is 7.65. The molecule has 0 aromatic carbocycles. The maximum absolute atomic E-state index is 13.1. The van der Waals surface area contributed by atoms with Gasteiger partial charge in [-0.05, 0) is 45.1 Å². The van der Waals surface area contributed by atoms with Gasteiger partial charge in [0.2, 0.25) is 11.7 Å². The summed E-state index contributed by atoms with van der Waals surface area (Å²) < 4.78 is 11.1. The Morgan fingerprint density at radius 1 is 1.30 bits per heavy atom. The zero-order chi connectivity index (χ0) is 24.0. The van der Waals surface area contributed by atoms with Crippen LogP contribution < -0.4 is 0 Å². The summed E-state index contributed by atoms with van der Waals surface area (Å²) in [6.45, 7) is 6.15. The van der Waals surface area contributed by atoms with Crippen molar-refractivity contribution in [3.05, 3.63) is 47.3 Å². The van der Waals surface area contributed by atoms with Crippen molar-refractivity contribution in [1.29, 1.82) is 0 Å². The van der Waals surface area contributed by atoms with E-state index in [2.05, 4.69) is 21.9 Å². The van der Waals surface area contributed by atoms with Crippen molar-refractivity contribution >= 4 is 34.8 Å². The first-order chi connectivity index (χ1) is 15.8. The number of esters is 1. The van der Waals surface area contributed by atoms with Crippen LogP contribution in [0, 0.1) is 0 Å². The minimum absolute atomic E-state index is 0.0272. The van der Waals surface area contributed by atoms with Gasteiger partial charge in [-0.25, -0.2) is 9.78 Å². The minimum Gasteiger partial charge on any atom is -0.481 e. The number of rotatable bonds is 4. The Morgan fingerprint density at radius 2 is 2.06 bits per heavy atom. The van der Waals surface area contributed by atoms with E-state index >= 15 is 0 Å². The molecular formula is C23H28N4O6. The van der Waals surface area contributed by atoms with Crippen LogP contribution >= 0.6 is 0 Å². The molecule has 0 saturated carbocycles. The Morgan fingerprint density at radius 3 is 2.79 bits per heavy atom. The number of likely N-dealkylation sites (N-methyl/N-ethyl adjacent to an activating group) is 1. The van der Waals surface area contributed by atoms with Gasteiger partial charge in [-0.15, -0.1) is 0 Å². The number of aliphatic carboxylic acids is 1. The van der Waals surface area contributed by atoms with Crippen LogP contribution in [-0.2, 0) is 23.9 Å². The number of nitrogens with zero attached hydrogens (tertiary/aromatic N) is 3. The molecule has 2 aromatic heterocycles. The standard InChI is InChI=1S/C21H24N4O4.C2H4O2/c1-3-28-21(27)17-18(26)16(12-14-13-23-19-15(14)6-4-7-22-19)29-20(17)25-9-5-8-24(2)10-11-25;1-2(3)4/h4,6-7,12-13H,3,5,8-11H2,1-2H3,(H,22,23);1H3,(H,3,4). The smallest absolute Gasteiger partial charge is 0.347 e. The summed E-state index contributed by atoms with van der Waals surface area (Å²) in [4.78, 5) is 46.1. The molecule has 2 N–H and O–H groups in total. The molecule has 33 heavy (non-hydrogen) atoms. The molecule has 4 heterocycles. The number of Topliss-reactive ketones (excluding diaryl/α,β-unsaturated/α-hetero) is 1. The van der Waals surface area contributed by atoms with Crippen molar-refractivity contribution < 1.29 is 29.0 Å². The zero-order valence-corrected chi connectivity index (χ0v) is 19.0. The number of pyridine rings is 1. The molecule has 10 heteroatoms. The van der Waals surface area contributed by atoms with Crippen LogP contribution in [0.1, 0.15) is 25.8 Å². The Kier molecular flexibility index (Phi) is 7.83. The lowest BCUT2D eigenvalue weighted by Crippen LogP contribution is -2.30. The van der Waals surface area contributed by atoms with Gasteiger partial charge in [0, 0.05) is 49.9 Å². The van der Waals surface area contributed by atoms with Gasteiger partial charge in [-0.3, -0.25) is 9.59 Å². The number of carboxylic acid groups (broad SMARTS) is 1. The van der Waals surface area contributed by atoms with Gasteiger partial charge in [0.05, 0.1) is 6.61 Å². The van der Waals surface area contributed by atoms with E-state index in [0.717, 1.165) is 43.0 Å². The van der Waals surface area contributed by atoms with Crippen LogP contribution in [0.2, 0.25) is 0 Å². The third-order valence-electron chi connectivity index (χ3n) is 5.13. The molecule has 0 amide bonds. The Labute approximate surface area is 191 Å². The van der Waals surface area contributed by atoms with E-state index in [-0.39, 0.29) is 17.9 Å². The predicted molar refractivity (Wildman–Crippen MR) is 121 cm³/mol. The number of ketones is 1. The number of ether oxygens (including phenoxy) is 2. The van der Waals surface area contributed by atoms with Gasteiger partial charge in [-0.1, -0.05) is 0 Å². The maximum Gasteiger partial charge on any atom is 0.347 e. The largest absolute Gasteiger partial charge is 0.481 e. The van der Waals surface area contributed by atoms with Crippen LogP contribution in [0.3, 0.4) is 0 Å². The van der Waals surface area contributed by atoms with Crippen LogP contribution in [0.4, 0.5) is 0 Å². The fraction of sp³-hybridized carbons (Fsp3) is 0.391. The first-order valence-corrected chi connectivity index (χ1v) is 10.7. The molecule has 0 spiro atoms. The maximum atomic E-state index is 13.1. The number of hydrogen-bond donors (Lipinski definition) is 2. The number of carboxylic acids is 1. The molecule has 0 aliphatic carbocycles. The summed E-state index contributed by atoms with van der Waals surface area (Å²) in [6.07, 6.45) is 6.03. The summed E-state index contributed by atoms with van der Waals surface area (Å²) >= 11 is 0. The van der Waals surface area contributed by atoms with E-state index in [4.69, 9.17) is 19.4 Å². The van der Waals surface area contributed by atoms with Gasteiger partial charge in [0.15, 0.2) is 11.3 Å². The number of carbonyl (C=O) groups excluding carboxylic acids is 2. The molecule has 0 bridgehead atoms. The van der Waals surface area contributed by atoms with Crippen molar-refractivity contribution in [3.8, 4) is 0 Å². The van der Waals surface area contributed by atoms with Gasteiger partial charge in [0.25, 0.3) is 5.97 Å². The molecule has 2 aromatic rings. The molecule has 0 unspecified atom stereocenters. The minimum atomic E-state index is -0.833. The van der Waals surface area contributed by atoms with Crippen molar-refractivity contribution in [2.45, 2.75) is 20.3 Å². The SMILES string of the molecule is CC(=O)O.CCOC(=O)C1=C(N2CCCN(C)CC2)OC(=Cc2c[nH]c3ncccc23)C1=O. The molecule has 4 rings (SSSR count).